The number of likely N-dealkylation sites (tertiary alicyclic amines) is 1. The van der Waals surface area contributed by atoms with E-state index in [4.69, 9.17) is 13.7 Å². The van der Waals surface area contributed by atoms with Gasteiger partial charge in [0.15, 0.2) is 11.5 Å². The Labute approximate surface area is 145 Å². The minimum Gasteiger partial charge on any atom is -0.497 e. The maximum absolute atomic E-state index is 13.1. The van der Waals surface area contributed by atoms with Gasteiger partial charge in [0.05, 0.1) is 18.8 Å². The molecule has 0 saturated carbocycles. The smallest absolute Gasteiger partial charge is 0.290 e. The van der Waals surface area contributed by atoms with Crippen molar-refractivity contribution < 1.29 is 18.5 Å². The van der Waals surface area contributed by atoms with Crippen molar-refractivity contribution in [2.24, 2.45) is 0 Å². The molecule has 1 aliphatic heterocycles. The van der Waals surface area contributed by atoms with Crippen LogP contribution in [0.25, 0.3) is 11.0 Å². The summed E-state index contributed by atoms with van der Waals surface area (Å²) in [7, 11) is 1.61. The van der Waals surface area contributed by atoms with Crippen LogP contribution < -0.4 is 4.74 Å². The summed E-state index contributed by atoms with van der Waals surface area (Å²) in [5.74, 6) is 1.71. The minimum atomic E-state index is -0.107. The van der Waals surface area contributed by atoms with E-state index in [0.29, 0.717) is 23.6 Å². The number of aromatic nitrogens is 1. The fourth-order valence-corrected chi connectivity index (χ4v) is 3.51. The summed E-state index contributed by atoms with van der Waals surface area (Å²) in [5, 5.41) is 4.88. The van der Waals surface area contributed by atoms with Gasteiger partial charge in [-0.05, 0) is 38.8 Å². The number of ether oxygens (including phenoxy) is 1. The van der Waals surface area contributed by atoms with Gasteiger partial charge in [0, 0.05) is 29.6 Å². The van der Waals surface area contributed by atoms with E-state index < -0.39 is 0 Å². The number of hydrogen-bond donors (Lipinski definition) is 0. The van der Waals surface area contributed by atoms with Crippen LogP contribution in [-0.2, 0) is 0 Å². The first-order valence-electron chi connectivity index (χ1n) is 8.40. The second kappa shape index (κ2) is 5.95. The number of fused-ring (bicyclic) bond motifs is 1. The lowest BCUT2D eigenvalue weighted by Crippen LogP contribution is -2.30. The number of methoxy groups -OCH3 is 1. The summed E-state index contributed by atoms with van der Waals surface area (Å²) in [6.45, 7) is 4.48. The Balaban J connectivity index is 1.70. The maximum atomic E-state index is 13.1. The summed E-state index contributed by atoms with van der Waals surface area (Å²) in [5.41, 5.74) is 2.33. The van der Waals surface area contributed by atoms with Crippen LogP contribution in [0.15, 0.2) is 33.2 Å². The molecular weight excluding hydrogens is 320 g/mol. The molecular formula is C19H20N2O4. The Kier molecular flexibility index (Phi) is 3.75. The van der Waals surface area contributed by atoms with E-state index in [1.807, 2.05) is 36.9 Å². The molecule has 4 rings (SSSR count). The maximum Gasteiger partial charge on any atom is 0.290 e. The van der Waals surface area contributed by atoms with Crippen LogP contribution in [0.5, 0.6) is 5.75 Å². The minimum absolute atomic E-state index is 0.0872. The number of aryl methyl sites for hydroxylation is 2. The lowest BCUT2D eigenvalue weighted by molar-refractivity contribution is 0.0683. The number of benzene rings is 1. The largest absolute Gasteiger partial charge is 0.497 e. The SMILES string of the molecule is COc1ccc2c(C)c(C(=O)N3CCCC3c3cc(C)no3)oc2c1. The van der Waals surface area contributed by atoms with E-state index in [2.05, 4.69) is 5.16 Å². The molecule has 0 radical (unpaired) electrons. The first-order valence-corrected chi connectivity index (χ1v) is 8.40. The van der Waals surface area contributed by atoms with Crippen molar-refractivity contribution in [2.45, 2.75) is 32.7 Å². The summed E-state index contributed by atoms with van der Waals surface area (Å²) in [6.07, 6.45) is 1.80. The highest BCUT2D eigenvalue weighted by Gasteiger charge is 2.35. The topological polar surface area (TPSA) is 68.7 Å². The van der Waals surface area contributed by atoms with E-state index in [1.54, 1.807) is 13.2 Å². The second-order valence-electron chi connectivity index (χ2n) is 6.45. The molecule has 3 heterocycles. The quantitative estimate of drug-likeness (QED) is 0.720. The monoisotopic (exact) mass is 340 g/mol. The van der Waals surface area contributed by atoms with Gasteiger partial charge in [-0.3, -0.25) is 4.79 Å². The molecule has 1 unspecified atom stereocenters. The van der Waals surface area contributed by atoms with Crippen molar-refractivity contribution in [3.8, 4) is 5.75 Å². The molecule has 6 nitrogen and oxygen atoms in total. The van der Waals surface area contributed by atoms with Crippen LogP contribution in [0.4, 0.5) is 0 Å². The molecule has 130 valence electrons. The highest BCUT2D eigenvalue weighted by molar-refractivity contribution is 5.99. The molecule has 25 heavy (non-hydrogen) atoms. The Morgan fingerprint density at radius 2 is 2.16 bits per heavy atom. The van der Waals surface area contributed by atoms with Crippen molar-refractivity contribution in [3.63, 3.8) is 0 Å². The van der Waals surface area contributed by atoms with Crippen molar-refractivity contribution in [1.82, 2.24) is 10.1 Å². The zero-order chi connectivity index (χ0) is 17.6. The highest BCUT2D eigenvalue weighted by Crippen LogP contribution is 2.36. The van der Waals surface area contributed by atoms with E-state index in [0.717, 1.165) is 35.2 Å². The van der Waals surface area contributed by atoms with Crippen LogP contribution in [0.3, 0.4) is 0 Å². The molecule has 3 aromatic rings. The summed E-state index contributed by atoms with van der Waals surface area (Å²) < 4.78 is 16.5. The van der Waals surface area contributed by atoms with Crippen molar-refractivity contribution in [2.75, 3.05) is 13.7 Å². The average molecular weight is 340 g/mol. The molecule has 0 N–H and O–H groups in total. The van der Waals surface area contributed by atoms with Crippen molar-refractivity contribution >= 4 is 16.9 Å². The van der Waals surface area contributed by atoms with Gasteiger partial charge in [0.1, 0.15) is 11.3 Å². The van der Waals surface area contributed by atoms with Gasteiger partial charge in [0.2, 0.25) is 0 Å². The molecule has 1 atom stereocenters. The normalized spacial score (nSPS) is 17.4. The third-order valence-corrected chi connectivity index (χ3v) is 4.83. The number of furan rings is 1. The molecule has 2 aromatic heterocycles. The van der Waals surface area contributed by atoms with Crippen LogP contribution in [0.2, 0.25) is 0 Å². The Bertz CT molecular complexity index is 940. The van der Waals surface area contributed by atoms with Gasteiger partial charge in [-0.15, -0.1) is 0 Å². The molecule has 1 amide bonds. The average Bonchev–Trinajstić information content (AvgIpc) is 3.32. The third-order valence-electron chi connectivity index (χ3n) is 4.83. The van der Waals surface area contributed by atoms with Gasteiger partial charge in [-0.2, -0.15) is 0 Å². The van der Waals surface area contributed by atoms with Gasteiger partial charge in [-0.25, -0.2) is 0 Å². The Hall–Kier alpha value is -2.76. The number of rotatable bonds is 3. The molecule has 0 aliphatic carbocycles. The van der Waals surface area contributed by atoms with Crippen molar-refractivity contribution in [3.05, 3.63) is 47.0 Å². The summed E-state index contributed by atoms with van der Waals surface area (Å²) in [6, 6.07) is 7.41. The first kappa shape index (κ1) is 15.7. The number of amides is 1. The molecule has 6 heteroatoms. The molecule has 0 bridgehead atoms. The Morgan fingerprint density at radius 3 is 2.88 bits per heavy atom. The number of carbonyl (C=O) groups excluding carboxylic acids is 1. The van der Waals surface area contributed by atoms with Crippen LogP contribution in [-0.4, -0.2) is 29.6 Å². The predicted octanol–water partition coefficient (Wildman–Crippen LogP) is 4.02. The molecule has 1 fully saturated rings. The third kappa shape index (κ3) is 2.58. The number of nitrogens with zero attached hydrogens (tertiary/aromatic N) is 2. The van der Waals surface area contributed by atoms with Gasteiger partial charge in [-0.1, -0.05) is 5.16 Å². The van der Waals surface area contributed by atoms with E-state index in [9.17, 15) is 4.79 Å². The fourth-order valence-electron chi connectivity index (χ4n) is 3.51. The standard InChI is InChI=1S/C19H20N2O4/c1-11-9-17(25-20-11)15-5-4-8-21(15)19(22)18-12(2)14-7-6-13(23-3)10-16(14)24-18/h6-7,9-10,15H,4-5,8H2,1-3H3. The fraction of sp³-hybridized carbons (Fsp3) is 0.368. The lowest BCUT2D eigenvalue weighted by Gasteiger charge is -2.21. The lowest BCUT2D eigenvalue weighted by atomic mass is 10.1. The highest BCUT2D eigenvalue weighted by atomic mass is 16.5. The van der Waals surface area contributed by atoms with E-state index >= 15 is 0 Å². The van der Waals surface area contributed by atoms with Crippen molar-refractivity contribution in [1.29, 1.82) is 0 Å². The second-order valence-corrected chi connectivity index (χ2v) is 6.45. The number of carbonyl (C=O) groups is 1. The molecule has 1 aliphatic rings. The van der Waals surface area contributed by atoms with Gasteiger partial charge >= 0.3 is 0 Å². The predicted molar refractivity (Wildman–Crippen MR) is 91.8 cm³/mol. The Morgan fingerprint density at radius 1 is 1.32 bits per heavy atom. The number of hydrogen-bond acceptors (Lipinski definition) is 5. The zero-order valence-electron chi connectivity index (χ0n) is 14.5. The van der Waals surface area contributed by atoms with Crippen LogP contribution in [0, 0.1) is 13.8 Å². The van der Waals surface area contributed by atoms with Crippen LogP contribution >= 0.6 is 0 Å². The summed E-state index contributed by atoms with van der Waals surface area (Å²) >= 11 is 0. The molecule has 1 saturated heterocycles. The van der Waals surface area contributed by atoms with Gasteiger partial charge < -0.3 is 18.6 Å². The molecule has 1 aromatic carbocycles. The van der Waals surface area contributed by atoms with Crippen LogP contribution in [0.1, 0.15) is 46.5 Å². The summed E-state index contributed by atoms with van der Waals surface area (Å²) in [4.78, 5) is 14.9. The van der Waals surface area contributed by atoms with E-state index in [1.165, 1.54) is 0 Å². The van der Waals surface area contributed by atoms with E-state index in [-0.39, 0.29) is 11.9 Å². The molecule has 0 spiro atoms. The first-order chi connectivity index (χ1) is 12.1. The zero-order valence-corrected chi connectivity index (χ0v) is 14.5. The van der Waals surface area contributed by atoms with Gasteiger partial charge in [0.25, 0.3) is 5.91 Å².